The fraction of sp³-hybridized carbons (Fsp3) is 0.500. The maximum absolute atomic E-state index is 11.8. The number of sulfonamides is 1. The lowest BCUT2D eigenvalue weighted by atomic mass is 10.1. The molecule has 116 valence electrons. The van der Waals surface area contributed by atoms with Crippen molar-refractivity contribution in [2.24, 2.45) is 0 Å². The van der Waals surface area contributed by atoms with Crippen molar-refractivity contribution in [1.82, 2.24) is 9.62 Å². The van der Waals surface area contributed by atoms with Crippen LogP contribution in [0.2, 0.25) is 5.02 Å². The molecule has 0 aliphatic heterocycles. The molecule has 0 bridgehead atoms. The molecule has 2 atom stereocenters. The predicted molar refractivity (Wildman–Crippen MR) is 82.8 cm³/mol. The van der Waals surface area contributed by atoms with E-state index in [4.69, 9.17) is 11.6 Å². The summed E-state index contributed by atoms with van der Waals surface area (Å²) in [4.78, 5) is 11.8. The summed E-state index contributed by atoms with van der Waals surface area (Å²) in [7, 11) is -0.402. The van der Waals surface area contributed by atoms with E-state index in [0.717, 1.165) is 16.3 Å². The van der Waals surface area contributed by atoms with Gasteiger partial charge in [-0.2, -0.15) is 0 Å². The Labute approximate surface area is 130 Å². The molecular formula is C14H19ClN2O3S. The Balaban J connectivity index is 1.81. The van der Waals surface area contributed by atoms with E-state index < -0.39 is 10.0 Å². The van der Waals surface area contributed by atoms with E-state index in [1.165, 1.54) is 14.1 Å². The van der Waals surface area contributed by atoms with Crippen LogP contribution in [0.3, 0.4) is 0 Å². The lowest BCUT2D eigenvalue weighted by Gasteiger charge is -2.11. The maximum atomic E-state index is 11.8. The van der Waals surface area contributed by atoms with E-state index in [1.807, 2.05) is 24.3 Å². The predicted octanol–water partition coefficient (Wildman–Crippen LogP) is 1.59. The first-order valence-corrected chi connectivity index (χ1v) is 8.73. The van der Waals surface area contributed by atoms with Crippen LogP contribution in [0, 0.1) is 0 Å². The Morgan fingerprint density at radius 3 is 2.76 bits per heavy atom. The number of hydrogen-bond acceptors (Lipinski definition) is 3. The van der Waals surface area contributed by atoms with Crippen molar-refractivity contribution in [1.29, 1.82) is 0 Å². The van der Waals surface area contributed by atoms with Gasteiger partial charge in [0, 0.05) is 37.5 Å². The first kappa shape index (κ1) is 16.3. The summed E-state index contributed by atoms with van der Waals surface area (Å²) in [6, 6.07) is 7.66. The minimum Gasteiger partial charge on any atom is -0.353 e. The van der Waals surface area contributed by atoms with Crippen LogP contribution < -0.4 is 5.32 Å². The van der Waals surface area contributed by atoms with Gasteiger partial charge in [0.1, 0.15) is 0 Å². The van der Waals surface area contributed by atoms with Gasteiger partial charge in [0.25, 0.3) is 0 Å². The summed E-state index contributed by atoms with van der Waals surface area (Å²) < 4.78 is 24.3. The van der Waals surface area contributed by atoms with Gasteiger partial charge in [-0.1, -0.05) is 23.7 Å². The molecular weight excluding hydrogens is 312 g/mol. The third kappa shape index (κ3) is 4.43. The fourth-order valence-electron chi connectivity index (χ4n) is 2.14. The zero-order valence-corrected chi connectivity index (χ0v) is 13.6. The lowest BCUT2D eigenvalue weighted by Crippen LogP contribution is -2.31. The summed E-state index contributed by atoms with van der Waals surface area (Å²) in [5.41, 5.74) is 1.11. The van der Waals surface area contributed by atoms with Crippen LogP contribution in [-0.4, -0.2) is 44.5 Å². The number of nitrogens with one attached hydrogen (secondary N) is 1. The van der Waals surface area contributed by atoms with Gasteiger partial charge in [0.2, 0.25) is 15.9 Å². The number of carbonyl (C=O) groups is 1. The average molecular weight is 331 g/mol. The number of carbonyl (C=O) groups excluding carboxylic acids is 1. The maximum Gasteiger partial charge on any atom is 0.221 e. The molecule has 1 aliphatic rings. The van der Waals surface area contributed by atoms with Crippen LogP contribution in [0.4, 0.5) is 0 Å². The van der Waals surface area contributed by atoms with Crippen LogP contribution in [0.5, 0.6) is 0 Å². The van der Waals surface area contributed by atoms with Gasteiger partial charge in [-0.25, -0.2) is 12.7 Å². The summed E-state index contributed by atoms with van der Waals surface area (Å²) in [6.07, 6.45) is 0.853. The van der Waals surface area contributed by atoms with Crippen LogP contribution in [0.25, 0.3) is 0 Å². The molecule has 21 heavy (non-hydrogen) atoms. The number of rotatable bonds is 6. The normalized spacial score (nSPS) is 21.3. The van der Waals surface area contributed by atoms with Gasteiger partial charge in [-0.05, 0) is 24.1 Å². The highest BCUT2D eigenvalue weighted by molar-refractivity contribution is 7.89. The smallest absolute Gasteiger partial charge is 0.221 e. The van der Waals surface area contributed by atoms with Gasteiger partial charge in [-0.15, -0.1) is 0 Å². The number of hydrogen-bond donors (Lipinski definition) is 1. The second-order valence-electron chi connectivity index (χ2n) is 5.42. The minimum atomic E-state index is -3.32. The monoisotopic (exact) mass is 330 g/mol. The van der Waals surface area contributed by atoms with Crippen molar-refractivity contribution < 1.29 is 13.2 Å². The average Bonchev–Trinajstić information content (AvgIpc) is 3.15. The zero-order chi connectivity index (χ0) is 15.6. The van der Waals surface area contributed by atoms with Crippen LogP contribution in [0.15, 0.2) is 24.3 Å². The summed E-state index contributed by atoms with van der Waals surface area (Å²) in [6.45, 7) is 0. The van der Waals surface area contributed by atoms with Crippen molar-refractivity contribution >= 4 is 27.5 Å². The molecule has 5 nitrogen and oxygen atoms in total. The molecule has 1 aromatic carbocycles. The Morgan fingerprint density at radius 2 is 2.14 bits per heavy atom. The van der Waals surface area contributed by atoms with Gasteiger partial charge in [0.15, 0.2) is 0 Å². The van der Waals surface area contributed by atoms with Gasteiger partial charge >= 0.3 is 0 Å². The molecule has 1 aromatic rings. The lowest BCUT2D eigenvalue weighted by molar-refractivity contribution is -0.120. The largest absolute Gasteiger partial charge is 0.353 e. The van der Waals surface area contributed by atoms with E-state index in [0.29, 0.717) is 5.02 Å². The first-order valence-electron chi connectivity index (χ1n) is 6.74. The topological polar surface area (TPSA) is 66.5 Å². The summed E-state index contributed by atoms with van der Waals surface area (Å²) in [5.74, 6) is -0.117. The van der Waals surface area contributed by atoms with Gasteiger partial charge in [0.05, 0.1) is 5.75 Å². The van der Waals surface area contributed by atoms with E-state index in [1.54, 1.807) is 0 Å². The third-order valence-electron chi connectivity index (χ3n) is 3.56. The standard InChI is InChI=1S/C14H19ClN2O3S/c1-17(2)21(19,20)7-6-14(18)16-13-9-12(13)10-4-3-5-11(15)8-10/h3-5,8,12-13H,6-7,9H2,1-2H3,(H,16,18)/t12-,13+/m0/s1. The van der Waals surface area contributed by atoms with Crippen molar-refractivity contribution in [3.05, 3.63) is 34.9 Å². The van der Waals surface area contributed by atoms with Gasteiger partial charge < -0.3 is 5.32 Å². The Kier molecular flexibility index (Phi) is 4.91. The molecule has 0 heterocycles. The van der Waals surface area contributed by atoms with Gasteiger partial charge in [-0.3, -0.25) is 4.79 Å². The summed E-state index contributed by atoms with van der Waals surface area (Å²) in [5, 5.41) is 3.55. The zero-order valence-electron chi connectivity index (χ0n) is 12.0. The second kappa shape index (κ2) is 6.34. The van der Waals surface area contributed by atoms with E-state index in [2.05, 4.69) is 5.32 Å². The molecule has 0 spiro atoms. The molecule has 0 unspecified atom stereocenters. The molecule has 1 amide bonds. The van der Waals surface area contributed by atoms with Crippen LogP contribution >= 0.6 is 11.6 Å². The Morgan fingerprint density at radius 1 is 1.43 bits per heavy atom. The number of halogens is 1. The van der Waals surface area contributed by atoms with Crippen molar-refractivity contribution in [2.75, 3.05) is 19.8 Å². The van der Waals surface area contributed by atoms with Crippen molar-refractivity contribution in [3.8, 4) is 0 Å². The molecule has 1 fully saturated rings. The van der Waals surface area contributed by atoms with Crippen LogP contribution in [0.1, 0.15) is 24.3 Å². The van der Waals surface area contributed by atoms with E-state index in [9.17, 15) is 13.2 Å². The molecule has 0 aromatic heterocycles. The number of benzene rings is 1. The second-order valence-corrected chi connectivity index (χ2v) is 8.16. The quantitative estimate of drug-likeness (QED) is 0.861. The molecule has 1 N–H and O–H groups in total. The highest BCUT2D eigenvalue weighted by atomic mass is 35.5. The van der Waals surface area contributed by atoms with Crippen molar-refractivity contribution in [2.45, 2.75) is 24.8 Å². The molecule has 2 rings (SSSR count). The highest BCUT2D eigenvalue weighted by Gasteiger charge is 2.39. The third-order valence-corrected chi connectivity index (χ3v) is 5.62. The highest BCUT2D eigenvalue weighted by Crippen LogP contribution is 2.41. The van der Waals surface area contributed by atoms with E-state index in [-0.39, 0.29) is 30.0 Å². The first-order chi connectivity index (χ1) is 9.79. The van der Waals surface area contributed by atoms with E-state index >= 15 is 0 Å². The molecule has 1 aliphatic carbocycles. The molecule has 1 saturated carbocycles. The van der Waals surface area contributed by atoms with Crippen LogP contribution in [-0.2, 0) is 14.8 Å². The SMILES string of the molecule is CN(C)S(=O)(=O)CCC(=O)N[C@@H]1C[C@H]1c1cccc(Cl)c1. The minimum absolute atomic E-state index is 0.0146. The fourth-order valence-corrected chi connectivity index (χ4v) is 3.15. The molecule has 0 saturated heterocycles. The summed E-state index contributed by atoms with van der Waals surface area (Å²) >= 11 is 5.94. The number of amides is 1. The number of nitrogens with zero attached hydrogens (tertiary/aromatic N) is 1. The molecule has 0 radical (unpaired) electrons. The Bertz CT molecular complexity index is 631. The van der Waals surface area contributed by atoms with Crippen molar-refractivity contribution in [3.63, 3.8) is 0 Å². The molecule has 7 heteroatoms. The Hall–Kier alpha value is -1.11.